The first-order valence-electron chi connectivity index (χ1n) is 7.23. The van der Waals surface area contributed by atoms with Crippen molar-refractivity contribution < 1.29 is 14.3 Å². The van der Waals surface area contributed by atoms with Crippen molar-refractivity contribution in [2.45, 2.75) is 57.2 Å². The predicted molar refractivity (Wildman–Crippen MR) is 69.4 cm³/mol. The molecule has 0 bridgehead atoms. The summed E-state index contributed by atoms with van der Waals surface area (Å²) < 4.78 is 5.83. The lowest BCUT2D eigenvalue weighted by Gasteiger charge is -2.35. The summed E-state index contributed by atoms with van der Waals surface area (Å²) in [5.41, 5.74) is -0.801. The normalized spacial score (nSPS) is 35.2. The Kier molecular flexibility index (Phi) is 3.04. The lowest BCUT2D eigenvalue weighted by atomic mass is 9.99. The summed E-state index contributed by atoms with van der Waals surface area (Å²) in [6.45, 7) is 4.82. The third-order valence-electron chi connectivity index (χ3n) is 4.42. The number of rotatable bonds is 2. The molecule has 3 aliphatic rings. The Morgan fingerprint density at radius 2 is 2.00 bits per heavy atom. The Hall–Kier alpha value is -1.10. The molecular weight excluding hydrogens is 244 g/mol. The molecule has 106 valence electrons. The summed E-state index contributed by atoms with van der Waals surface area (Å²) in [6, 6.07) is 0.159. The lowest BCUT2D eigenvalue weighted by molar-refractivity contribution is -0.140. The van der Waals surface area contributed by atoms with Crippen molar-refractivity contribution in [3.05, 3.63) is 0 Å². The minimum absolute atomic E-state index is 0.0273. The Labute approximate surface area is 113 Å². The van der Waals surface area contributed by atoms with Crippen LogP contribution in [-0.4, -0.2) is 47.6 Å². The Morgan fingerprint density at radius 1 is 1.26 bits per heavy atom. The highest BCUT2D eigenvalue weighted by Crippen LogP contribution is 2.41. The molecule has 3 rings (SSSR count). The van der Waals surface area contributed by atoms with E-state index < -0.39 is 5.54 Å². The van der Waals surface area contributed by atoms with Crippen LogP contribution in [0.3, 0.4) is 0 Å². The Morgan fingerprint density at radius 3 is 2.68 bits per heavy atom. The fourth-order valence-electron chi connectivity index (χ4n) is 3.27. The number of ether oxygens (including phenoxy) is 1. The summed E-state index contributed by atoms with van der Waals surface area (Å²) in [5.74, 6) is 0.609. The van der Waals surface area contributed by atoms with Gasteiger partial charge in [-0.3, -0.25) is 9.59 Å². The molecular formula is C14H22N2O3. The molecule has 3 fully saturated rings. The Bertz CT molecular complexity index is 403. The van der Waals surface area contributed by atoms with E-state index in [1.165, 1.54) is 12.8 Å². The van der Waals surface area contributed by atoms with Crippen molar-refractivity contribution >= 4 is 11.8 Å². The highest BCUT2D eigenvalue weighted by Gasteiger charge is 2.47. The third-order valence-corrected chi connectivity index (χ3v) is 4.42. The number of nitrogens with zero attached hydrogens (tertiary/aromatic N) is 1. The van der Waals surface area contributed by atoms with Crippen molar-refractivity contribution in [3.8, 4) is 0 Å². The monoisotopic (exact) mass is 266 g/mol. The van der Waals surface area contributed by atoms with Crippen LogP contribution in [0.2, 0.25) is 0 Å². The van der Waals surface area contributed by atoms with Gasteiger partial charge in [0.05, 0.1) is 12.1 Å². The minimum Gasteiger partial charge on any atom is -0.376 e. The maximum atomic E-state index is 12.6. The van der Waals surface area contributed by atoms with Crippen LogP contribution in [0.5, 0.6) is 0 Å². The highest BCUT2D eigenvalue weighted by molar-refractivity contribution is 5.93. The predicted octanol–water partition coefficient (Wildman–Crippen LogP) is 0.681. The van der Waals surface area contributed by atoms with Crippen molar-refractivity contribution in [1.82, 2.24) is 10.2 Å². The van der Waals surface area contributed by atoms with Crippen LogP contribution in [-0.2, 0) is 14.3 Å². The molecule has 2 atom stereocenters. The smallest absolute Gasteiger partial charge is 0.248 e. The molecule has 0 aromatic rings. The van der Waals surface area contributed by atoms with Crippen molar-refractivity contribution in [1.29, 1.82) is 0 Å². The molecule has 1 saturated carbocycles. The molecule has 2 heterocycles. The van der Waals surface area contributed by atoms with E-state index in [0.29, 0.717) is 18.9 Å². The van der Waals surface area contributed by atoms with E-state index in [9.17, 15) is 9.59 Å². The number of carbonyl (C=O) groups is 2. The highest BCUT2D eigenvalue weighted by atomic mass is 16.5. The van der Waals surface area contributed by atoms with Gasteiger partial charge in [-0.05, 0) is 39.0 Å². The maximum absolute atomic E-state index is 12.6. The van der Waals surface area contributed by atoms with Crippen molar-refractivity contribution in [3.63, 3.8) is 0 Å². The van der Waals surface area contributed by atoms with Gasteiger partial charge in [0, 0.05) is 19.6 Å². The molecule has 0 aromatic heterocycles. The van der Waals surface area contributed by atoms with Gasteiger partial charge in [0.2, 0.25) is 11.8 Å². The second-order valence-corrected chi connectivity index (χ2v) is 6.45. The van der Waals surface area contributed by atoms with Crippen LogP contribution >= 0.6 is 0 Å². The molecule has 1 N–H and O–H groups in total. The van der Waals surface area contributed by atoms with E-state index in [0.717, 1.165) is 13.0 Å². The lowest BCUT2D eigenvalue weighted by Crippen LogP contribution is -2.56. The van der Waals surface area contributed by atoms with Crippen LogP contribution in [0.4, 0.5) is 0 Å². The SMILES string of the molecule is CC1(C)NC(=O)CCN(C2CCOC2C2CC2)C1=O. The fraction of sp³-hybridized carbons (Fsp3) is 0.857. The summed E-state index contributed by atoms with van der Waals surface area (Å²) >= 11 is 0. The van der Waals surface area contributed by atoms with Gasteiger partial charge in [-0.1, -0.05) is 0 Å². The second kappa shape index (κ2) is 4.47. The zero-order chi connectivity index (χ0) is 13.6. The number of amides is 2. The first-order chi connectivity index (χ1) is 8.99. The topological polar surface area (TPSA) is 58.6 Å². The van der Waals surface area contributed by atoms with Gasteiger partial charge in [0.1, 0.15) is 5.54 Å². The second-order valence-electron chi connectivity index (χ2n) is 6.45. The molecule has 19 heavy (non-hydrogen) atoms. The number of carbonyl (C=O) groups excluding carboxylic acids is 2. The van der Waals surface area contributed by atoms with Crippen LogP contribution in [0.15, 0.2) is 0 Å². The van der Waals surface area contributed by atoms with Crippen molar-refractivity contribution in [2.24, 2.45) is 5.92 Å². The number of hydrogen-bond donors (Lipinski definition) is 1. The molecule has 0 radical (unpaired) electrons. The van der Waals surface area contributed by atoms with E-state index in [2.05, 4.69) is 5.32 Å². The van der Waals surface area contributed by atoms with E-state index >= 15 is 0 Å². The Balaban J connectivity index is 1.81. The zero-order valence-corrected chi connectivity index (χ0v) is 11.6. The molecule has 2 amide bonds. The summed E-state index contributed by atoms with van der Waals surface area (Å²) in [7, 11) is 0. The van der Waals surface area contributed by atoms with Crippen LogP contribution < -0.4 is 5.32 Å². The molecule has 2 unspecified atom stereocenters. The molecule has 5 nitrogen and oxygen atoms in total. The fourth-order valence-corrected chi connectivity index (χ4v) is 3.27. The molecule has 0 spiro atoms. The van der Waals surface area contributed by atoms with Gasteiger partial charge < -0.3 is 15.0 Å². The molecule has 5 heteroatoms. The quantitative estimate of drug-likeness (QED) is 0.799. The van der Waals surface area contributed by atoms with Gasteiger partial charge in [-0.2, -0.15) is 0 Å². The molecule has 1 aliphatic carbocycles. The molecule has 2 aliphatic heterocycles. The van der Waals surface area contributed by atoms with Crippen molar-refractivity contribution in [2.75, 3.05) is 13.2 Å². The van der Waals surface area contributed by atoms with Crippen LogP contribution in [0.1, 0.15) is 39.5 Å². The summed E-state index contributed by atoms with van der Waals surface area (Å²) in [6.07, 6.45) is 3.90. The van der Waals surface area contributed by atoms with E-state index in [4.69, 9.17) is 4.74 Å². The maximum Gasteiger partial charge on any atom is 0.248 e. The average Bonchev–Trinajstić information content (AvgIpc) is 3.08. The molecule has 2 saturated heterocycles. The van der Waals surface area contributed by atoms with Gasteiger partial charge in [0.25, 0.3) is 0 Å². The van der Waals surface area contributed by atoms with Gasteiger partial charge in [-0.15, -0.1) is 0 Å². The first kappa shape index (κ1) is 12.9. The third kappa shape index (κ3) is 2.36. The zero-order valence-electron chi connectivity index (χ0n) is 11.6. The first-order valence-corrected chi connectivity index (χ1v) is 7.23. The largest absolute Gasteiger partial charge is 0.376 e. The summed E-state index contributed by atoms with van der Waals surface area (Å²) in [4.78, 5) is 26.3. The van der Waals surface area contributed by atoms with E-state index in [1.54, 1.807) is 13.8 Å². The number of nitrogens with one attached hydrogen (secondary N) is 1. The van der Waals surface area contributed by atoms with Gasteiger partial charge in [-0.25, -0.2) is 0 Å². The van der Waals surface area contributed by atoms with E-state index in [-0.39, 0.29) is 24.0 Å². The standard InChI is InChI=1S/C14H22N2O3/c1-14(2)13(18)16(7-5-11(17)15-14)10-6-8-19-12(10)9-3-4-9/h9-10,12H,3-8H2,1-2H3,(H,15,17). The van der Waals surface area contributed by atoms with E-state index in [1.807, 2.05) is 4.90 Å². The van der Waals surface area contributed by atoms with Crippen LogP contribution in [0.25, 0.3) is 0 Å². The minimum atomic E-state index is -0.801. The van der Waals surface area contributed by atoms with Gasteiger partial charge >= 0.3 is 0 Å². The number of hydrogen-bond acceptors (Lipinski definition) is 3. The average molecular weight is 266 g/mol. The van der Waals surface area contributed by atoms with Gasteiger partial charge in [0.15, 0.2) is 0 Å². The van der Waals surface area contributed by atoms with Crippen LogP contribution in [0, 0.1) is 5.92 Å². The molecule has 0 aromatic carbocycles. The summed E-state index contributed by atoms with van der Waals surface area (Å²) in [5, 5.41) is 2.81.